The second kappa shape index (κ2) is 8.06. The Morgan fingerprint density at radius 1 is 1.13 bits per heavy atom. The summed E-state index contributed by atoms with van der Waals surface area (Å²) in [4.78, 5) is 12.8. The van der Waals surface area contributed by atoms with Gasteiger partial charge in [0.15, 0.2) is 0 Å². The van der Waals surface area contributed by atoms with E-state index in [4.69, 9.17) is 26.3 Å². The van der Waals surface area contributed by atoms with E-state index in [1.54, 1.807) is 54.7 Å². The van der Waals surface area contributed by atoms with Gasteiger partial charge in [0.2, 0.25) is 0 Å². The molecular weight excluding hydrogens is 416 g/mol. The first-order chi connectivity index (χ1) is 15.1. The number of rotatable bonds is 5. The van der Waals surface area contributed by atoms with Crippen molar-refractivity contribution in [3.8, 4) is 23.3 Å². The highest BCUT2D eigenvalue weighted by atomic mass is 35.5. The van der Waals surface area contributed by atoms with Crippen molar-refractivity contribution in [1.82, 2.24) is 9.78 Å². The molecule has 156 valence electrons. The first-order valence-corrected chi connectivity index (χ1v) is 10.4. The second-order valence-electron chi connectivity index (χ2n) is 7.68. The number of benzene rings is 2. The maximum atomic E-state index is 12.8. The van der Waals surface area contributed by atoms with Gasteiger partial charge in [-0.25, -0.2) is 0 Å². The highest BCUT2D eigenvalue weighted by Crippen LogP contribution is 2.46. The minimum atomic E-state index is -0.382. The zero-order chi connectivity index (χ0) is 21.4. The van der Waals surface area contributed by atoms with E-state index >= 15 is 0 Å². The Bertz CT molecular complexity index is 1190. The Morgan fingerprint density at radius 3 is 2.48 bits per heavy atom. The first kappa shape index (κ1) is 19.6. The summed E-state index contributed by atoms with van der Waals surface area (Å²) >= 11 is 6.37. The zero-order valence-corrected chi connectivity index (χ0v) is 17.2. The van der Waals surface area contributed by atoms with Crippen molar-refractivity contribution < 1.29 is 9.47 Å². The summed E-state index contributed by atoms with van der Waals surface area (Å²) in [5.41, 5.74) is 1.33. The number of ether oxygens (including phenoxy) is 2. The van der Waals surface area contributed by atoms with Crippen LogP contribution in [0.2, 0.25) is 5.02 Å². The molecule has 2 heterocycles. The highest BCUT2D eigenvalue weighted by Gasteiger charge is 2.51. The van der Waals surface area contributed by atoms with Crippen molar-refractivity contribution in [2.24, 2.45) is 11.8 Å². The normalized spacial score (nSPS) is 21.6. The van der Waals surface area contributed by atoms with Crippen LogP contribution in [-0.4, -0.2) is 29.0 Å². The number of aromatic nitrogens is 2. The molecule has 1 aliphatic carbocycles. The molecule has 1 saturated heterocycles. The summed E-state index contributed by atoms with van der Waals surface area (Å²) in [6, 6.07) is 16.2. The fraction of sp³-hybridized carbons (Fsp3) is 0.261. The number of hydrogen-bond donors (Lipinski definition) is 1. The Morgan fingerprint density at radius 2 is 1.84 bits per heavy atom. The average Bonchev–Trinajstić information content (AvgIpc) is 3.51. The lowest BCUT2D eigenvalue weighted by molar-refractivity contribution is 0.0888. The van der Waals surface area contributed by atoms with Gasteiger partial charge < -0.3 is 14.8 Å². The number of fused-ring (bicyclic) bond motifs is 1. The van der Waals surface area contributed by atoms with E-state index in [1.807, 2.05) is 0 Å². The topological polar surface area (TPSA) is 89.2 Å². The van der Waals surface area contributed by atoms with Crippen LogP contribution in [-0.2, 0) is 4.74 Å². The molecule has 8 heteroatoms. The monoisotopic (exact) mass is 434 g/mol. The number of hydrogen-bond acceptors (Lipinski definition) is 6. The van der Waals surface area contributed by atoms with Crippen LogP contribution < -0.4 is 15.6 Å². The summed E-state index contributed by atoms with van der Waals surface area (Å²) in [6.07, 6.45) is 2.62. The molecule has 1 N–H and O–H groups in total. The summed E-state index contributed by atoms with van der Waals surface area (Å²) in [5, 5.41) is 16.6. The van der Waals surface area contributed by atoms with Crippen LogP contribution in [0.15, 0.2) is 59.5 Å². The van der Waals surface area contributed by atoms with Gasteiger partial charge in [-0.3, -0.25) is 4.79 Å². The molecule has 2 aromatic carbocycles. The average molecular weight is 435 g/mol. The minimum Gasteiger partial charge on any atom is -0.457 e. The number of halogens is 1. The van der Waals surface area contributed by atoms with Gasteiger partial charge in [-0.15, -0.1) is 0 Å². The van der Waals surface area contributed by atoms with Gasteiger partial charge in [0.25, 0.3) is 5.56 Å². The Balaban J connectivity index is 1.31. The van der Waals surface area contributed by atoms with Gasteiger partial charge in [-0.05, 0) is 60.9 Å². The molecule has 0 radical (unpaired) electrons. The van der Waals surface area contributed by atoms with Crippen molar-refractivity contribution in [2.45, 2.75) is 12.5 Å². The molecule has 1 saturated carbocycles. The smallest absolute Gasteiger partial charge is 0.292 e. The number of nitrogens with one attached hydrogen (secondary N) is 1. The van der Waals surface area contributed by atoms with Crippen molar-refractivity contribution in [3.63, 3.8) is 0 Å². The highest BCUT2D eigenvalue weighted by molar-refractivity contribution is 6.33. The Labute approximate surface area is 183 Å². The van der Waals surface area contributed by atoms with Crippen LogP contribution in [0.3, 0.4) is 0 Å². The molecule has 7 nitrogen and oxygen atoms in total. The van der Waals surface area contributed by atoms with Crippen molar-refractivity contribution in [3.05, 3.63) is 75.7 Å². The molecule has 0 amide bonds. The van der Waals surface area contributed by atoms with Crippen LogP contribution in [0.25, 0.3) is 5.69 Å². The van der Waals surface area contributed by atoms with Gasteiger partial charge in [0, 0.05) is 18.6 Å². The summed E-state index contributed by atoms with van der Waals surface area (Å²) in [7, 11) is 0. The SMILES string of the molecule is N#Cc1ccc(Oc2ccc(-n3ncc(NC4C5CCOC[C@@H]54)c(Cl)c3=O)cc2)cc1. The lowest BCUT2D eigenvalue weighted by Crippen LogP contribution is -2.23. The number of nitriles is 1. The molecule has 1 aromatic heterocycles. The van der Waals surface area contributed by atoms with Gasteiger partial charge in [-0.1, -0.05) is 11.6 Å². The van der Waals surface area contributed by atoms with Gasteiger partial charge >= 0.3 is 0 Å². The zero-order valence-electron chi connectivity index (χ0n) is 16.5. The summed E-state index contributed by atoms with van der Waals surface area (Å²) in [5.74, 6) is 2.28. The lowest BCUT2D eigenvalue weighted by Gasteiger charge is -2.11. The third-order valence-corrected chi connectivity index (χ3v) is 6.14. The Hall–Kier alpha value is -3.34. The third kappa shape index (κ3) is 3.88. The van der Waals surface area contributed by atoms with Crippen LogP contribution in [0.5, 0.6) is 11.5 Å². The quantitative estimate of drug-likeness (QED) is 0.653. The third-order valence-electron chi connectivity index (χ3n) is 5.78. The maximum absolute atomic E-state index is 12.8. The minimum absolute atomic E-state index is 0.123. The predicted molar refractivity (Wildman–Crippen MR) is 116 cm³/mol. The van der Waals surface area contributed by atoms with Crippen LogP contribution in [0, 0.1) is 23.2 Å². The van der Waals surface area contributed by atoms with Gasteiger partial charge in [0.1, 0.15) is 16.5 Å². The first-order valence-electron chi connectivity index (χ1n) is 10.0. The van der Waals surface area contributed by atoms with Crippen molar-refractivity contribution >= 4 is 17.3 Å². The molecule has 0 spiro atoms. The molecule has 2 unspecified atom stereocenters. The Kier molecular flexibility index (Phi) is 5.10. The molecular formula is C23H19ClN4O3. The van der Waals surface area contributed by atoms with E-state index in [1.165, 1.54) is 4.68 Å². The van der Waals surface area contributed by atoms with Crippen molar-refractivity contribution in [2.75, 3.05) is 18.5 Å². The second-order valence-corrected chi connectivity index (χ2v) is 8.06. The van der Waals surface area contributed by atoms with Crippen LogP contribution in [0.1, 0.15) is 12.0 Å². The molecule has 3 atom stereocenters. The predicted octanol–water partition coefficient (Wildman–Crippen LogP) is 4.00. The molecule has 2 aliphatic rings. The maximum Gasteiger partial charge on any atom is 0.292 e. The summed E-state index contributed by atoms with van der Waals surface area (Å²) in [6.45, 7) is 1.54. The molecule has 3 aromatic rings. The standard InChI is InChI=1S/C23H19ClN4O3/c24-21-20(27-22-18-9-10-30-13-19(18)22)12-26-28(23(21)29)15-3-7-17(8-4-15)31-16-5-1-14(11-25)2-6-16/h1-8,12,18-19,22,27H,9-10,13H2/t18?,19-,22?/m0/s1. The van der Waals surface area contributed by atoms with Crippen molar-refractivity contribution in [1.29, 1.82) is 5.26 Å². The fourth-order valence-corrected chi connectivity index (χ4v) is 4.19. The fourth-order valence-electron chi connectivity index (χ4n) is 4.00. The molecule has 5 rings (SSSR count). The summed E-state index contributed by atoms with van der Waals surface area (Å²) < 4.78 is 12.5. The molecule has 2 fully saturated rings. The van der Waals surface area contributed by atoms with E-state index in [0.717, 1.165) is 19.6 Å². The molecule has 1 aliphatic heterocycles. The van der Waals surface area contributed by atoms with Crippen LogP contribution >= 0.6 is 11.6 Å². The van der Waals surface area contributed by atoms with E-state index in [-0.39, 0.29) is 16.6 Å². The van der Waals surface area contributed by atoms with Gasteiger partial charge in [-0.2, -0.15) is 15.0 Å². The lowest BCUT2D eigenvalue weighted by atomic mass is 10.2. The number of anilines is 1. The largest absolute Gasteiger partial charge is 0.457 e. The van der Waals surface area contributed by atoms with E-state index in [2.05, 4.69) is 16.5 Å². The van der Waals surface area contributed by atoms with Gasteiger partial charge in [0.05, 0.1) is 35.8 Å². The molecule has 31 heavy (non-hydrogen) atoms. The van der Waals surface area contributed by atoms with E-state index < -0.39 is 0 Å². The van der Waals surface area contributed by atoms with E-state index in [9.17, 15) is 4.79 Å². The number of nitrogens with zero attached hydrogens (tertiary/aromatic N) is 3. The van der Waals surface area contributed by atoms with Crippen LogP contribution in [0.4, 0.5) is 5.69 Å². The molecule has 0 bridgehead atoms. The van der Waals surface area contributed by atoms with E-state index in [0.29, 0.717) is 40.3 Å².